The van der Waals surface area contributed by atoms with Gasteiger partial charge < -0.3 is 10.8 Å². The van der Waals surface area contributed by atoms with Crippen LogP contribution in [0.1, 0.15) is 10.4 Å². The molecule has 0 aliphatic carbocycles. The number of benzene rings is 2. The average Bonchev–Trinajstić information content (AvgIpc) is 2.88. The van der Waals surface area contributed by atoms with Crippen LogP contribution in [0.4, 0.5) is 5.69 Å². The third-order valence-corrected chi connectivity index (χ3v) is 4.23. The molecule has 0 saturated carbocycles. The summed E-state index contributed by atoms with van der Waals surface area (Å²) in [5.41, 5.74) is 7.23. The summed E-state index contributed by atoms with van der Waals surface area (Å²) in [5.74, 6) is -0.290. The second-order valence-electron chi connectivity index (χ2n) is 4.89. The second kappa shape index (κ2) is 6.05. The number of aromatic hydroxyl groups is 1. The largest absolute Gasteiger partial charge is 0.508 e. The van der Waals surface area contributed by atoms with Crippen molar-refractivity contribution in [1.29, 1.82) is 0 Å². The van der Waals surface area contributed by atoms with Gasteiger partial charge in [-0.25, -0.2) is 9.67 Å². The van der Waals surface area contributed by atoms with Crippen LogP contribution in [-0.4, -0.2) is 20.8 Å². The number of aromatic nitrogens is 2. The average molecular weight is 326 g/mol. The number of amides is 1. The van der Waals surface area contributed by atoms with Crippen LogP contribution in [0.15, 0.2) is 53.5 Å². The lowest BCUT2D eigenvalue weighted by Gasteiger charge is -1.97. The molecule has 3 rings (SSSR count). The highest BCUT2D eigenvalue weighted by Crippen LogP contribution is 2.21. The van der Waals surface area contributed by atoms with Crippen molar-refractivity contribution in [1.82, 2.24) is 9.78 Å². The lowest BCUT2D eigenvalue weighted by molar-refractivity contribution is 0.100. The zero-order chi connectivity index (χ0) is 16.4. The number of carbonyl (C=O) groups excluding carboxylic acids is 1. The van der Waals surface area contributed by atoms with Crippen LogP contribution in [0.2, 0.25) is 0 Å². The minimum absolute atomic E-state index is 0.167. The number of phenols is 1. The van der Waals surface area contributed by atoms with Crippen molar-refractivity contribution in [2.45, 2.75) is 0 Å². The molecule has 0 aliphatic heterocycles. The van der Waals surface area contributed by atoms with Crippen molar-refractivity contribution in [2.75, 3.05) is 0 Å². The third-order valence-electron chi connectivity index (χ3n) is 3.18. The van der Waals surface area contributed by atoms with Gasteiger partial charge in [0, 0.05) is 24.2 Å². The molecule has 0 saturated heterocycles. The van der Waals surface area contributed by atoms with Gasteiger partial charge in [-0.05, 0) is 24.3 Å². The number of hydrogen-bond acceptors (Lipinski definition) is 5. The van der Waals surface area contributed by atoms with E-state index in [9.17, 15) is 9.90 Å². The molecule has 3 N–H and O–H groups in total. The van der Waals surface area contributed by atoms with E-state index in [0.717, 1.165) is 10.6 Å². The Morgan fingerprint density at radius 3 is 2.65 bits per heavy atom. The standard InChI is InChI=1S/C16H14N4O2S/c1-20-16(18-12-3-2-4-13(21)9-12)23-15(19-20)11-7-5-10(6-8-11)14(17)22/h2-9,21H,1H3,(H2,17,22)/b18-16+. The van der Waals surface area contributed by atoms with Crippen molar-refractivity contribution >= 4 is 22.9 Å². The van der Waals surface area contributed by atoms with Gasteiger partial charge in [0.1, 0.15) is 10.8 Å². The number of nitrogens with zero attached hydrogens (tertiary/aromatic N) is 3. The van der Waals surface area contributed by atoms with E-state index in [4.69, 9.17) is 5.73 Å². The van der Waals surface area contributed by atoms with Gasteiger partial charge in [0.2, 0.25) is 10.7 Å². The first kappa shape index (κ1) is 15.0. The molecule has 6 nitrogen and oxygen atoms in total. The third kappa shape index (κ3) is 3.29. The van der Waals surface area contributed by atoms with Crippen molar-refractivity contribution in [3.63, 3.8) is 0 Å². The Morgan fingerprint density at radius 1 is 1.26 bits per heavy atom. The Bertz CT molecular complexity index is 926. The molecule has 0 bridgehead atoms. The molecule has 1 amide bonds. The molecule has 23 heavy (non-hydrogen) atoms. The van der Waals surface area contributed by atoms with E-state index in [0.29, 0.717) is 16.1 Å². The SMILES string of the molecule is Cn1nc(-c2ccc(C(N)=O)cc2)s/c1=N/c1cccc(O)c1. The molecule has 0 atom stereocenters. The molecule has 0 fully saturated rings. The van der Waals surface area contributed by atoms with Gasteiger partial charge in [0.25, 0.3) is 0 Å². The molecule has 0 radical (unpaired) electrons. The van der Waals surface area contributed by atoms with E-state index in [1.54, 1.807) is 60.3 Å². The van der Waals surface area contributed by atoms with Gasteiger partial charge in [0.05, 0.1) is 5.69 Å². The highest BCUT2D eigenvalue weighted by atomic mass is 32.1. The van der Waals surface area contributed by atoms with E-state index in [-0.39, 0.29) is 5.75 Å². The van der Waals surface area contributed by atoms with Crippen molar-refractivity contribution in [2.24, 2.45) is 17.8 Å². The minimum atomic E-state index is -0.458. The Kier molecular flexibility index (Phi) is 3.94. The first-order valence-corrected chi connectivity index (χ1v) is 7.63. The van der Waals surface area contributed by atoms with Crippen molar-refractivity contribution in [3.05, 3.63) is 58.9 Å². The summed E-state index contributed by atoms with van der Waals surface area (Å²) in [6.45, 7) is 0. The topological polar surface area (TPSA) is 93.5 Å². The molecule has 0 aliphatic rings. The van der Waals surface area contributed by atoms with Gasteiger partial charge in [-0.2, -0.15) is 5.10 Å². The molecule has 1 heterocycles. The van der Waals surface area contributed by atoms with E-state index < -0.39 is 5.91 Å². The van der Waals surface area contributed by atoms with Crippen LogP contribution in [0, 0.1) is 0 Å². The number of aryl methyl sites for hydroxylation is 1. The summed E-state index contributed by atoms with van der Waals surface area (Å²) in [4.78, 5) is 16.3. The normalized spacial score (nSPS) is 11.6. The Morgan fingerprint density at radius 2 is 2.00 bits per heavy atom. The van der Waals surface area contributed by atoms with E-state index in [1.807, 2.05) is 0 Å². The lowest BCUT2D eigenvalue weighted by atomic mass is 10.1. The van der Waals surface area contributed by atoms with Crippen LogP contribution < -0.4 is 10.5 Å². The maximum atomic E-state index is 11.1. The number of phenolic OH excluding ortho intramolecular Hbond substituents is 1. The number of carbonyl (C=O) groups is 1. The van der Waals surface area contributed by atoms with E-state index >= 15 is 0 Å². The van der Waals surface area contributed by atoms with Crippen LogP contribution in [0.3, 0.4) is 0 Å². The van der Waals surface area contributed by atoms with Gasteiger partial charge in [0.15, 0.2) is 0 Å². The highest BCUT2D eigenvalue weighted by molar-refractivity contribution is 7.12. The summed E-state index contributed by atoms with van der Waals surface area (Å²) in [6, 6.07) is 13.7. The summed E-state index contributed by atoms with van der Waals surface area (Å²) in [7, 11) is 1.80. The maximum absolute atomic E-state index is 11.1. The molecule has 1 aromatic heterocycles. The van der Waals surface area contributed by atoms with E-state index in [2.05, 4.69) is 10.1 Å². The molecule has 3 aromatic rings. The Hall–Kier alpha value is -2.93. The fraction of sp³-hybridized carbons (Fsp3) is 0.0625. The summed E-state index contributed by atoms with van der Waals surface area (Å²) in [5, 5.41) is 14.7. The molecular weight excluding hydrogens is 312 g/mol. The number of hydrogen-bond donors (Lipinski definition) is 2. The first-order chi connectivity index (χ1) is 11.0. The highest BCUT2D eigenvalue weighted by Gasteiger charge is 2.07. The number of rotatable bonds is 3. The molecule has 0 spiro atoms. The smallest absolute Gasteiger partial charge is 0.248 e. The van der Waals surface area contributed by atoms with Crippen LogP contribution >= 0.6 is 11.3 Å². The van der Waals surface area contributed by atoms with Gasteiger partial charge in [-0.3, -0.25) is 4.79 Å². The van der Waals surface area contributed by atoms with Crippen molar-refractivity contribution in [3.8, 4) is 16.3 Å². The summed E-state index contributed by atoms with van der Waals surface area (Å²) < 4.78 is 1.67. The zero-order valence-corrected chi connectivity index (χ0v) is 13.1. The summed E-state index contributed by atoms with van der Waals surface area (Å²) in [6.07, 6.45) is 0. The molecule has 116 valence electrons. The lowest BCUT2D eigenvalue weighted by Crippen LogP contribution is -2.10. The predicted molar refractivity (Wildman–Crippen MR) is 88.4 cm³/mol. The van der Waals surface area contributed by atoms with Gasteiger partial charge in [-0.15, -0.1) is 0 Å². The fourth-order valence-corrected chi connectivity index (χ4v) is 2.93. The Labute approximate surface area is 136 Å². The molecular formula is C16H14N4O2S. The molecule has 7 heteroatoms. The van der Waals surface area contributed by atoms with Crippen molar-refractivity contribution < 1.29 is 9.90 Å². The zero-order valence-electron chi connectivity index (χ0n) is 12.3. The number of nitrogens with two attached hydrogens (primary N) is 1. The molecule has 0 unspecified atom stereocenters. The van der Waals surface area contributed by atoms with Crippen LogP contribution in [-0.2, 0) is 7.05 Å². The maximum Gasteiger partial charge on any atom is 0.248 e. The second-order valence-corrected chi connectivity index (χ2v) is 5.84. The predicted octanol–water partition coefficient (Wildman–Crippen LogP) is 2.19. The fourth-order valence-electron chi connectivity index (χ4n) is 2.01. The van der Waals surface area contributed by atoms with Crippen LogP contribution in [0.25, 0.3) is 10.6 Å². The van der Waals surface area contributed by atoms with Crippen LogP contribution in [0.5, 0.6) is 5.75 Å². The van der Waals surface area contributed by atoms with E-state index in [1.165, 1.54) is 11.3 Å². The number of primary amides is 1. The quantitative estimate of drug-likeness (QED) is 0.772. The molecule has 2 aromatic carbocycles. The Balaban J connectivity index is 1.99. The monoisotopic (exact) mass is 326 g/mol. The summed E-state index contributed by atoms with van der Waals surface area (Å²) >= 11 is 1.41. The van der Waals surface area contributed by atoms with Gasteiger partial charge in [-0.1, -0.05) is 29.5 Å². The first-order valence-electron chi connectivity index (χ1n) is 6.81. The minimum Gasteiger partial charge on any atom is -0.508 e. The van der Waals surface area contributed by atoms with Gasteiger partial charge >= 0.3 is 0 Å².